The van der Waals surface area contributed by atoms with Crippen LogP contribution in [0.25, 0.3) is 0 Å². The highest BCUT2D eigenvalue weighted by molar-refractivity contribution is 7.46. The zero-order valence-electron chi connectivity index (χ0n) is 11.9. The van der Waals surface area contributed by atoms with E-state index in [0.29, 0.717) is 0 Å². The van der Waals surface area contributed by atoms with E-state index in [9.17, 15) is 18.9 Å². The average Bonchev–Trinajstić information content (AvgIpc) is 2.24. The minimum absolute atomic E-state index is 0.0533. The molecule has 0 fully saturated rings. The number of hydrogen-bond acceptors (Lipinski definition) is 9. The maximum absolute atomic E-state index is 11.3. The molecule has 0 N–H and O–H groups in total. The maximum Gasteiger partial charge on any atom is 0.268 e. The Bertz CT molecular complexity index is 365. The standard InChI is InChI=1S/C9H22O9P2/c1-9(2,3)18-20(12,13)17-8-6-15-5-7-16-19(10,11)14-4/h5-8H2,1-4H3,(H,10,11)(H,12,13)/p-2. The van der Waals surface area contributed by atoms with Crippen molar-refractivity contribution >= 4 is 15.6 Å². The van der Waals surface area contributed by atoms with Gasteiger partial charge in [0.2, 0.25) is 0 Å². The van der Waals surface area contributed by atoms with Gasteiger partial charge in [0.05, 0.1) is 32.0 Å². The molecule has 0 aliphatic rings. The predicted molar refractivity (Wildman–Crippen MR) is 65.8 cm³/mol. The summed E-state index contributed by atoms with van der Waals surface area (Å²) in [5.41, 5.74) is -0.874. The molecule has 2 unspecified atom stereocenters. The lowest BCUT2D eigenvalue weighted by molar-refractivity contribution is -0.234. The Morgan fingerprint density at radius 1 is 0.900 bits per heavy atom. The second-order valence-electron chi connectivity index (χ2n) is 4.56. The first-order valence-electron chi connectivity index (χ1n) is 5.73. The maximum atomic E-state index is 11.3. The molecular formula is C9H20O9P2-2. The van der Waals surface area contributed by atoms with E-state index in [-0.39, 0.29) is 26.4 Å². The van der Waals surface area contributed by atoms with Gasteiger partial charge in [-0.05, 0) is 20.8 Å². The lowest BCUT2D eigenvalue weighted by Gasteiger charge is -2.30. The van der Waals surface area contributed by atoms with Crippen LogP contribution < -0.4 is 9.79 Å². The second kappa shape index (κ2) is 8.58. The van der Waals surface area contributed by atoms with Crippen LogP contribution in [-0.4, -0.2) is 39.1 Å². The predicted octanol–water partition coefficient (Wildman–Crippen LogP) is 0.434. The van der Waals surface area contributed by atoms with Crippen molar-refractivity contribution < 1.29 is 41.7 Å². The Morgan fingerprint density at radius 3 is 1.75 bits per heavy atom. The summed E-state index contributed by atoms with van der Waals surface area (Å²) in [6.07, 6.45) is 0. The highest BCUT2D eigenvalue weighted by Gasteiger charge is 2.20. The third kappa shape index (κ3) is 12.0. The summed E-state index contributed by atoms with van der Waals surface area (Å²) < 4.78 is 44.7. The van der Waals surface area contributed by atoms with Gasteiger partial charge in [0.15, 0.2) is 0 Å². The fourth-order valence-electron chi connectivity index (χ4n) is 0.933. The van der Waals surface area contributed by atoms with Crippen molar-refractivity contribution in [1.82, 2.24) is 0 Å². The average molecular weight is 334 g/mol. The van der Waals surface area contributed by atoms with Crippen molar-refractivity contribution in [2.24, 2.45) is 0 Å². The van der Waals surface area contributed by atoms with Crippen molar-refractivity contribution in [3.8, 4) is 0 Å². The molecular weight excluding hydrogens is 314 g/mol. The highest BCUT2D eigenvalue weighted by Crippen LogP contribution is 2.42. The summed E-state index contributed by atoms with van der Waals surface area (Å²) in [5.74, 6) is 0. The van der Waals surface area contributed by atoms with Crippen LogP contribution in [-0.2, 0) is 32.0 Å². The van der Waals surface area contributed by atoms with Gasteiger partial charge in [-0.15, -0.1) is 0 Å². The summed E-state index contributed by atoms with van der Waals surface area (Å²) in [6.45, 7) is 4.14. The van der Waals surface area contributed by atoms with E-state index in [4.69, 9.17) is 9.26 Å². The molecule has 0 bridgehead atoms. The molecule has 0 spiro atoms. The Morgan fingerprint density at radius 2 is 1.35 bits per heavy atom. The molecule has 0 aliphatic carbocycles. The highest BCUT2D eigenvalue weighted by atomic mass is 31.2. The smallest absolute Gasteiger partial charge is 0.268 e. The van der Waals surface area contributed by atoms with Crippen LogP contribution in [0.2, 0.25) is 0 Å². The van der Waals surface area contributed by atoms with Crippen LogP contribution >= 0.6 is 15.6 Å². The minimum Gasteiger partial charge on any atom is -0.756 e. The number of phosphoric ester groups is 2. The number of rotatable bonds is 10. The molecule has 0 rings (SSSR count). The van der Waals surface area contributed by atoms with E-state index in [1.54, 1.807) is 20.8 Å². The van der Waals surface area contributed by atoms with Crippen molar-refractivity contribution in [2.75, 3.05) is 33.5 Å². The van der Waals surface area contributed by atoms with Gasteiger partial charge in [-0.1, -0.05) is 0 Å². The molecule has 20 heavy (non-hydrogen) atoms. The summed E-state index contributed by atoms with van der Waals surface area (Å²) in [6, 6.07) is 0. The first kappa shape index (κ1) is 20.2. The monoisotopic (exact) mass is 334 g/mol. The van der Waals surface area contributed by atoms with E-state index in [1.807, 2.05) is 0 Å². The topological polar surface area (TPSA) is 126 Å². The Kier molecular flexibility index (Phi) is 8.66. The van der Waals surface area contributed by atoms with Gasteiger partial charge in [0.1, 0.15) is 0 Å². The molecule has 0 heterocycles. The zero-order valence-corrected chi connectivity index (χ0v) is 13.7. The van der Waals surface area contributed by atoms with Crippen molar-refractivity contribution in [3.05, 3.63) is 0 Å². The van der Waals surface area contributed by atoms with E-state index < -0.39 is 21.2 Å². The molecule has 0 saturated carbocycles. The van der Waals surface area contributed by atoms with Gasteiger partial charge in [-0.3, -0.25) is 9.13 Å². The summed E-state index contributed by atoms with van der Waals surface area (Å²) in [5, 5.41) is 0. The third-order valence-corrected chi connectivity index (χ3v) is 3.78. The lowest BCUT2D eigenvalue weighted by atomic mass is 10.2. The lowest BCUT2D eigenvalue weighted by Crippen LogP contribution is -2.23. The van der Waals surface area contributed by atoms with E-state index >= 15 is 0 Å². The first-order valence-corrected chi connectivity index (χ1v) is 8.65. The van der Waals surface area contributed by atoms with Crippen LogP contribution in [0, 0.1) is 0 Å². The number of hydrogen-bond donors (Lipinski definition) is 0. The molecule has 122 valence electrons. The fourth-order valence-corrected chi connectivity index (χ4v) is 2.36. The summed E-state index contributed by atoms with van der Waals surface area (Å²) in [4.78, 5) is 22.1. The quantitative estimate of drug-likeness (QED) is 0.413. The fraction of sp³-hybridized carbons (Fsp3) is 1.00. The van der Waals surface area contributed by atoms with Crippen LogP contribution in [0.15, 0.2) is 0 Å². The normalized spacial score (nSPS) is 18.5. The van der Waals surface area contributed by atoms with Crippen LogP contribution in [0.1, 0.15) is 20.8 Å². The molecule has 2 atom stereocenters. The van der Waals surface area contributed by atoms with Crippen molar-refractivity contribution in [3.63, 3.8) is 0 Å². The third-order valence-electron chi connectivity index (χ3n) is 1.56. The number of ether oxygens (including phenoxy) is 1. The molecule has 11 heteroatoms. The van der Waals surface area contributed by atoms with Gasteiger partial charge >= 0.3 is 0 Å². The Balaban J connectivity index is 3.68. The van der Waals surface area contributed by atoms with Gasteiger partial charge in [0.25, 0.3) is 15.6 Å². The molecule has 9 nitrogen and oxygen atoms in total. The minimum atomic E-state index is -4.38. The summed E-state index contributed by atoms with van der Waals surface area (Å²) >= 11 is 0. The SMILES string of the molecule is COP(=O)([O-])OCCOCCOP(=O)([O-])OC(C)(C)C. The Hall–Kier alpha value is 0.180. The molecule has 0 radical (unpaired) electrons. The van der Waals surface area contributed by atoms with Gasteiger partial charge in [-0.2, -0.15) is 0 Å². The second-order valence-corrected chi connectivity index (χ2v) is 7.41. The molecule has 0 aromatic carbocycles. The van der Waals surface area contributed by atoms with E-state index in [2.05, 4.69) is 13.6 Å². The van der Waals surface area contributed by atoms with Crippen molar-refractivity contribution in [2.45, 2.75) is 26.4 Å². The first-order chi connectivity index (χ1) is 8.97. The van der Waals surface area contributed by atoms with Crippen LogP contribution in [0.3, 0.4) is 0 Å². The van der Waals surface area contributed by atoms with Gasteiger partial charge in [0, 0.05) is 7.11 Å². The Labute approximate surface area is 118 Å². The number of phosphoric acid groups is 2. The van der Waals surface area contributed by atoms with Crippen LogP contribution in [0.5, 0.6) is 0 Å². The van der Waals surface area contributed by atoms with Crippen LogP contribution in [0.4, 0.5) is 0 Å². The molecule has 0 saturated heterocycles. The van der Waals surface area contributed by atoms with E-state index in [1.165, 1.54) is 0 Å². The zero-order chi connectivity index (χ0) is 15.9. The van der Waals surface area contributed by atoms with Gasteiger partial charge in [-0.25, -0.2) is 0 Å². The molecule has 0 aliphatic heterocycles. The van der Waals surface area contributed by atoms with Gasteiger partial charge < -0.3 is 32.6 Å². The van der Waals surface area contributed by atoms with Crippen molar-refractivity contribution in [1.29, 1.82) is 0 Å². The summed E-state index contributed by atoms with van der Waals surface area (Å²) in [7, 11) is -7.66. The molecule has 0 aromatic rings. The van der Waals surface area contributed by atoms with E-state index in [0.717, 1.165) is 7.11 Å². The largest absolute Gasteiger partial charge is 0.756 e. The molecule has 0 aromatic heterocycles. The molecule has 0 amide bonds.